The first-order valence-electron chi connectivity index (χ1n) is 32.8. The van der Waals surface area contributed by atoms with Crippen molar-refractivity contribution in [2.75, 3.05) is 26.8 Å². The number of carbonyl (C=O) groups excluding carboxylic acids is 12. The molecule has 16 atom stereocenters. The number of ether oxygens (including phenoxy) is 1. The van der Waals surface area contributed by atoms with Crippen molar-refractivity contribution in [1.29, 1.82) is 0 Å². The number of aliphatic imine (C=N–C) groups is 1. The minimum atomic E-state index is -1.81. The van der Waals surface area contributed by atoms with Crippen molar-refractivity contribution in [2.24, 2.45) is 57.7 Å². The second-order valence-electron chi connectivity index (χ2n) is 24.9. The number of benzene rings is 1. The summed E-state index contributed by atoms with van der Waals surface area (Å²) in [6, 6.07) is -4.70. The van der Waals surface area contributed by atoms with Crippen LogP contribution in [0.1, 0.15) is 158 Å². The lowest BCUT2D eigenvalue weighted by Gasteiger charge is -2.33. The number of Topliss-reactive ketones (excluding diaryl/α,β-unsaturated/α-hetero) is 1. The molecule has 2 fully saturated rings. The van der Waals surface area contributed by atoms with Crippen LogP contribution in [0.5, 0.6) is 0 Å². The maximum absolute atomic E-state index is 14.6. The van der Waals surface area contributed by atoms with E-state index >= 15 is 0 Å². The number of aliphatic hydroxyl groups excluding tert-OH is 2. The van der Waals surface area contributed by atoms with E-state index in [-0.39, 0.29) is 44.1 Å². The number of ketones is 1. The number of carbonyl (C=O) groups is 12. The van der Waals surface area contributed by atoms with Gasteiger partial charge in [0.1, 0.15) is 60.5 Å². The highest BCUT2D eigenvalue weighted by molar-refractivity contribution is 6.00. The van der Waals surface area contributed by atoms with Crippen molar-refractivity contribution in [2.45, 2.75) is 225 Å². The summed E-state index contributed by atoms with van der Waals surface area (Å²) in [5, 5.41) is 47.8. The number of hydrogen-bond acceptors (Lipinski definition) is 17. The molecular formula is C64H106N14O15. The van der Waals surface area contributed by atoms with Crippen LogP contribution in [0.2, 0.25) is 0 Å². The summed E-state index contributed by atoms with van der Waals surface area (Å²) in [6.45, 7) is 13.1. The Kier molecular flexibility index (Phi) is 34.5. The van der Waals surface area contributed by atoms with Gasteiger partial charge in [0.2, 0.25) is 59.1 Å². The Hall–Kier alpha value is -7.79. The van der Waals surface area contributed by atoms with Gasteiger partial charge < -0.3 is 85.3 Å². The molecule has 1 saturated heterocycles. The predicted octanol–water partition coefficient (Wildman–Crippen LogP) is -1.23. The first-order chi connectivity index (χ1) is 44.1. The van der Waals surface area contributed by atoms with Gasteiger partial charge in [-0.25, -0.2) is 4.79 Å². The fraction of sp³-hybridized carbons (Fsp3) is 0.703. The van der Waals surface area contributed by atoms with Crippen molar-refractivity contribution in [1.82, 2.24) is 53.2 Å². The van der Waals surface area contributed by atoms with Crippen LogP contribution in [0, 0.1) is 35.5 Å². The predicted molar refractivity (Wildman–Crippen MR) is 346 cm³/mol. The monoisotopic (exact) mass is 1310 g/mol. The number of cyclic esters (lactones) is 1. The highest BCUT2D eigenvalue weighted by Crippen LogP contribution is 2.29. The van der Waals surface area contributed by atoms with Gasteiger partial charge in [-0.1, -0.05) is 131 Å². The van der Waals surface area contributed by atoms with Crippen LogP contribution in [0.4, 0.5) is 0 Å². The summed E-state index contributed by atoms with van der Waals surface area (Å²) in [5.41, 5.74) is 17.4. The van der Waals surface area contributed by atoms with Crippen LogP contribution < -0.4 is 70.4 Å². The molecular weight excluding hydrogens is 1200 g/mol. The zero-order valence-corrected chi connectivity index (χ0v) is 55.8. The molecule has 0 unspecified atom stereocenters. The van der Waals surface area contributed by atoms with E-state index in [1.54, 1.807) is 62.4 Å². The number of nitrogens with two attached hydrogens (primary N) is 3. The molecule has 1 aromatic rings. The van der Waals surface area contributed by atoms with Crippen LogP contribution in [0.15, 0.2) is 35.3 Å². The Morgan fingerprint density at radius 2 is 1.13 bits per heavy atom. The summed E-state index contributed by atoms with van der Waals surface area (Å²) >= 11 is 0. The van der Waals surface area contributed by atoms with Crippen LogP contribution in [-0.2, 0) is 68.7 Å². The van der Waals surface area contributed by atoms with Gasteiger partial charge in [-0.2, -0.15) is 0 Å². The van der Waals surface area contributed by atoms with E-state index in [4.69, 9.17) is 21.9 Å². The molecule has 18 N–H and O–H groups in total. The Labute approximate surface area is 546 Å². The third-order valence-corrected chi connectivity index (χ3v) is 18.0. The lowest BCUT2D eigenvalue weighted by Crippen LogP contribution is -2.63. The Bertz CT molecular complexity index is 2690. The van der Waals surface area contributed by atoms with Crippen molar-refractivity contribution in [3.8, 4) is 0 Å². The van der Waals surface area contributed by atoms with Crippen LogP contribution in [0.25, 0.3) is 0 Å². The molecule has 10 amide bonds. The molecule has 1 aromatic carbocycles. The second kappa shape index (κ2) is 40.3. The van der Waals surface area contributed by atoms with Gasteiger partial charge in [-0.3, -0.25) is 57.7 Å². The van der Waals surface area contributed by atoms with E-state index in [2.05, 4.69) is 58.2 Å². The number of likely N-dealkylation sites (N-methyl/N-ethyl adjacent to an activating group) is 1. The van der Waals surface area contributed by atoms with E-state index in [9.17, 15) is 67.7 Å². The number of rotatable bonds is 35. The molecule has 522 valence electrons. The van der Waals surface area contributed by atoms with Gasteiger partial charge >= 0.3 is 5.97 Å². The zero-order valence-electron chi connectivity index (χ0n) is 55.8. The average Bonchev–Trinajstić information content (AvgIpc) is 1.95. The maximum Gasteiger partial charge on any atom is 0.329 e. The fourth-order valence-electron chi connectivity index (χ4n) is 11.1. The maximum atomic E-state index is 14.6. The summed E-state index contributed by atoms with van der Waals surface area (Å²) < 4.78 is 5.89. The van der Waals surface area contributed by atoms with Gasteiger partial charge in [0.25, 0.3) is 0 Å². The van der Waals surface area contributed by atoms with Crippen molar-refractivity contribution >= 4 is 76.8 Å². The quantitative estimate of drug-likeness (QED) is 0.0164. The van der Waals surface area contributed by atoms with E-state index in [0.29, 0.717) is 32.1 Å². The van der Waals surface area contributed by atoms with Crippen LogP contribution >= 0.6 is 0 Å². The number of nitrogens with one attached hydrogen (secondary N) is 10. The topological polar surface area (TPSA) is 465 Å². The second-order valence-corrected chi connectivity index (χ2v) is 24.9. The molecule has 29 nitrogen and oxygen atoms in total. The van der Waals surface area contributed by atoms with Crippen LogP contribution in [0.3, 0.4) is 0 Å². The number of hydrogen-bond donors (Lipinski definition) is 15. The molecule has 0 spiro atoms. The highest BCUT2D eigenvalue weighted by atomic mass is 16.5. The van der Waals surface area contributed by atoms with Crippen molar-refractivity contribution in [3.05, 3.63) is 35.9 Å². The molecule has 0 aromatic heterocycles. The number of primary amides is 1. The summed E-state index contributed by atoms with van der Waals surface area (Å²) in [5.74, 6) is -14.0. The number of aliphatic hydroxyl groups is 2. The molecule has 2 aliphatic rings. The van der Waals surface area contributed by atoms with E-state index in [0.717, 1.165) is 24.8 Å². The van der Waals surface area contributed by atoms with Gasteiger partial charge in [-0.05, 0) is 87.6 Å². The largest absolute Gasteiger partial charge is 0.458 e. The molecule has 0 bridgehead atoms. The zero-order chi connectivity index (χ0) is 69.6. The Balaban J connectivity index is 1.91. The summed E-state index contributed by atoms with van der Waals surface area (Å²) in [4.78, 5) is 172. The summed E-state index contributed by atoms with van der Waals surface area (Å²) in [6.07, 6.45) is 2.91. The first kappa shape index (κ1) is 79.4. The van der Waals surface area contributed by atoms with E-state index in [1.165, 1.54) is 6.92 Å². The normalized spacial score (nSPS) is 21.8. The minimum Gasteiger partial charge on any atom is -0.458 e. The van der Waals surface area contributed by atoms with E-state index < -0.39 is 199 Å². The van der Waals surface area contributed by atoms with E-state index in [1.807, 2.05) is 30.3 Å². The highest BCUT2D eigenvalue weighted by Gasteiger charge is 2.43. The number of esters is 1. The molecule has 93 heavy (non-hydrogen) atoms. The SMILES string of the molecule is CC[C@@H](C)[C@@H](NC(=O)[C@@H](CCC(N)=O)NC(=O)[C@H](CO)NC(=O)[C@@H](NC(=O)[C@@H](Cc1ccccc1)NC)[C@@H](C)CC)C(=O)N[C@H](C(=O)N[C@@H](CO)C(=O)N[C@H]1C(=O)C[C@@H](CCCN=C(N)N)C(=O)N[C@@H](C2CCCCC2)C(=O)N[C@@H]([C@@H](C)CC)C(=O)O[C@H]1C)[C@@H](C)CC. The Morgan fingerprint density at radius 3 is 1.62 bits per heavy atom. The smallest absolute Gasteiger partial charge is 0.329 e. The van der Waals surface area contributed by atoms with Gasteiger partial charge in [0, 0.05) is 25.3 Å². The van der Waals surface area contributed by atoms with Gasteiger partial charge in [0.15, 0.2) is 11.7 Å². The lowest BCUT2D eigenvalue weighted by molar-refractivity contribution is -0.157. The lowest BCUT2D eigenvalue weighted by atomic mass is 9.82. The summed E-state index contributed by atoms with van der Waals surface area (Å²) in [7, 11) is 1.60. The number of nitrogens with zero attached hydrogens (tertiary/aromatic N) is 1. The van der Waals surface area contributed by atoms with Crippen molar-refractivity contribution < 1.29 is 72.5 Å². The molecule has 3 rings (SSSR count). The molecule has 1 aliphatic heterocycles. The molecule has 1 saturated carbocycles. The standard InChI is InChI=1S/C64H106N14O15/c1-11-34(5)48(74-56(85)43(68-10)30-39-22-17-15-18-23-39)59(88)71-44(32-79)57(86)70-42(27-28-47(65)82)55(84)73-50(36(7)13-3)61(90)75-49(35(6)12-2)60(89)72-45(33-80)58(87)77-52-38(9)93-63(92)51(37(8)14-4)76-62(91)53(40-24-19-16-20-25-40)78-54(83)41(31-46(52)81)26-21-29-69-64(66)67/h15,17-18,22-23,34-38,40-45,48-53,68,79-80H,11-14,16,19-21,24-33H2,1-10H3,(H2,65,82)(H,70,86)(H,71,88)(H,72,89)(H,73,84)(H,74,85)(H,75,90)(H,76,91)(H,77,87)(H,78,83)(H4,66,67,69)/t34-,35-,36+,37-,38-,41+,42+,43+,44-,45-,48-,49-,50+,51-,52+,53-/m0/s1. The fourth-order valence-corrected chi connectivity index (χ4v) is 11.1. The number of guanidine groups is 1. The van der Waals surface area contributed by atoms with Gasteiger partial charge in [0.05, 0.1) is 19.3 Å². The van der Waals surface area contributed by atoms with Crippen LogP contribution in [-0.4, -0.2) is 180 Å². The van der Waals surface area contributed by atoms with Crippen molar-refractivity contribution in [3.63, 3.8) is 0 Å². The third kappa shape index (κ3) is 25.2. The number of amides is 10. The Morgan fingerprint density at radius 1 is 0.634 bits per heavy atom. The molecule has 1 heterocycles. The molecule has 1 aliphatic carbocycles. The molecule has 29 heteroatoms. The minimum absolute atomic E-state index is 0.0493. The third-order valence-electron chi connectivity index (χ3n) is 18.0. The molecule has 0 radical (unpaired) electrons. The first-order valence-corrected chi connectivity index (χ1v) is 32.8. The average molecular weight is 1310 g/mol. The van der Waals surface area contributed by atoms with Gasteiger partial charge in [-0.15, -0.1) is 0 Å².